The topological polar surface area (TPSA) is 70.9 Å². The van der Waals surface area contributed by atoms with Crippen molar-refractivity contribution in [2.75, 3.05) is 18.5 Å². The molecule has 24 heavy (non-hydrogen) atoms. The summed E-state index contributed by atoms with van der Waals surface area (Å²) in [7, 11) is 0. The maximum atomic E-state index is 12.0. The second-order valence-corrected chi connectivity index (χ2v) is 5.39. The Morgan fingerprint density at radius 1 is 1.25 bits per heavy atom. The third kappa shape index (κ3) is 4.35. The number of benzene rings is 2. The zero-order valence-corrected chi connectivity index (χ0v) is 14.2. The van der Waals surface area contributed by atoms with Gasteiger partial charge in [-0.05, 0) is 50.1 Å². The van der Waals surface area contributed by atoms with Crippen LogP contribution < -0.4 is 10.1 Å². The summed E-state index contributed by atoms with van der Waals surface area (Å²) in [5.74, 6) is 0.222. The number of aromatic hydroxyl groups is 1. The molecule has 0 aliphatic carbocycles. The molecule has 1 amide bonds. The predicted molar refractivity (Wildman–Crippen MR) is 96.3 cm³/mol. The molecule has 126 valence electrons. The Balaban J connectivity index is 2.00. The molecule has 5 nitrogen and oxygen atoms in total. The highest BCUT2D eigenvalue weighted by Crippen LogP contribution is 2.28. The number of anilines is 1. The lowest BCUT2D eigenvalue weighted by Crippen LogP contribution is -2.15. The molecule has 2 rings (SSSR count). The number of para-hydroxylation sites is 1. The molecule has 0 atom stereocenters. The molecular weight excluding hydrogens is 304 g/mol. The third-order valence-electron chi connectivity index (χ3n) is 3.67. The van der Waals surface area contributed by atoms with Crippen molar-refractivity contribution in [3.63, 3.8) is 0 Å². The maximum absolute atomic E-state index is 12.0. The van der Waals surface area contributed by atoms with E-state index in [2.05, 4.69) is 10.3 Å². The lowest BCUT2D eigenvalue weighted by atomic mass is 10.1. The van der Waals surface area contributed by atoms with Crippen molar-refractivity contribution in [1.82, 2.24) is 0 Å². The monoisotopic (exact) mass is 326 g/mol. The van der Waals surface area contributed by atoms with Crippen LogP contribution in [0, 0.1) is 13.8 Å². The van der Waals surface area contributed by atoms with E-state index in [0.717, 1.165) is 16.8 Å². The molecule has 0 radical (unpaired) electrons. The van der Waals surface area contributed by atoms with Gasteiger partial charge in [-0.2, -0.15) is 0 Å². The number of hydrogen-bond donors (Lipinski definition) is 2. The number of aryl methyl sites for hydroxylation is 1. The number of nitrogens with zero attached hydrogens (tertiary/aromatic N) is 1. The second kappa shape index (κ2) is 8.15. The van der Waals surface area contributed by atoms with Gasteiger partial charge in [-0.15, -0.1) is 0 Å². The largest absolute Gasteiger partial charge is 0.504 e. The quantitative estimate of drug-likeness (QED) is 0.799. The number of carbonyl (C=O) groups is 1. The van der Waals surface area contributed by atoms with Gasteiger partial charge in [0.25, 0.3) is 0 Å². The molecule has 0 aliphatic rings. The fraction of sp³-hybridized carbons (Fsp3) is 0.263. The molecule has 5 heteroatoms. The molecule has 0 unspecified atom stereocenters. The molecule has 0 spiro atoms. The number of nitrogens with one attached hydrogen (secondary N) is 1. The summed E-state index contributed by atoms with van der Waals surface area (Å²) in [4.78, 5) is 16.1. The minimum Gasteiger partial charge on any atom is -0.504 e. The van der Waals surface area contributed by atoms with Gasteiger partial charge in [0.15, 0.2) is 11.5 Å². The molecular formula is C19H22N2O3. The second-order valence-electron chi connectivity index (χ2n) is 5.39. The van der Waals surface area contributed by atoms with Gasteiger partial charge < -0.3 is 15.2 Å². The molecule has 2 aromatic carbocycles. The van der Waals surface area contributed by atoms with Crippen molar-refractivity contribution in [2.24, 2.45) is 4.99 Å². The first-order chi connectivity index (χ1) is 11.5. The van der Waals surface area contributed by atoms with Crippen LogP contribution in [0.2, 0.25) is 0 Å². The summed E-state index contributed by atoms with van der Waals surface area (Å²) in [5, 5.41) is 12.9. The number of ether oxygens (including phenoxy) is 1. The van der Waals surface area contributed by atoms with Gasteiger partial charge in [0, 0.05) is 17.5 Å². The van der Waals surface area contributed by atoms with Crippen LogP contribution in [0.15, 0.2) is 41.4 Å². The van der Waals surface area contributed by atoms with Crippen LogP contribution in [0.3, 0.4) is 0 Å². The normalized spacial score (nSPS) is 10.8. The standard InChI is InChI=1S/C19H22N2O3/c1-4-24-17-10-6-8-15(19(17)23)11-20-12-18(22)21-16-9-5-7-13(2)14(16)3/h5-11,23H,4,12H2,1-3H3,(H,21,22). The average molecular weight is 326 g/mol. The smallest absolute Gasteiger partial charge is 0.246 e. The Hall–Kier alpha value is -2.82. The van der Waals surface area contributed by atoms with E-state index in [9.17, 15) is 9.90 Å². The van der Waals surface area contributed by atoms with Crippen LogP contribution in [0.5, 0.6) is 11.5 Å². The number of aliphatic imine (C=N–C) groups is 1. The molecule has 0 aromatic heterocycles. The van der Waals surface area contributed by atoms with E-state index in [1.54, 1.807) is 18.2 Å². The fourth-order valence-electron chi connectivity index (χ4n) is 2.22. The van der Waals surface area contributed by atoms with Crippen LogP contribution in [0.4, 0.5) is 5.69 Å². The number of phenolic OH excluding ortho intramolecular Hbond substituents is 1. The van der Waals surface area contributed by atoms with E-state index in [4.69, 9.17) is 4.74 Å². The summed E-state index contributed by atoms with van der Waals surface area (Å²) in [6.45, 7) is 6.25. The molecule has 0 saturated heterocycles. The molecule has 0 saturated carbocycles. The Morgan fingerprint density at radius 2 is 2.00 bits per heavy atom. The van der Waals surface area contributed by atoms with Crippen molar-refractivity contribution in [3.8, 4) is 11.5 Å². The first-order valence-electron chi connectivity index (χ1n) is 7.83. The van der Waals surface area contributed by atoms with Crippen LogP contribution in [0.25, 0.3) is 0 Å². The van der Waals surface area contributed by atoms with Crippen molar-refractivity contribution >= 4 is 17.8 Å². The number of rotatable bonds is 6. The summed E-state index contributed by atoms with van der Waals surface area (Å²) >= 11 is 0. The highest BCUT2D eigenvalue weighted by Gasteiger charge is 2.07. The van der Waals surface area contributed by atoms with E-state index in [1.165, 1.54) is 6.21 Å². The van der Waals surface area contributed by atoms with Gasteiger partial charge in [-0.3, -0.25) is 9.79 Å². The van der Waals surface area contributed by atoms with E-state index < -0.39 is 0 Å². The van der Waals surface area contributed by atoms with Crippen molar-refractivity contribution in [2.45, 2.75) is 20.8 Å². The van der Waals surface area contributed by atoms with Gasteiger partial charge in [0.2, 0.25) is 5.91 Å². The number of hydrogen-bond acceptors (Lipinski definition) is 4. The summed E-state index contributed by atoms with van der Waals surface area (Å²) < 4.78 is 5.32. The molecule has 0 heterocycles. The lowest BCUT2D eigenvalue weighted by molar-refractivity contribution is -0.114. The van der Waals surface area contributed by atoms with Crippen LogP contribution >= 0.6 is 0 Å². The SMILES string of the molecule is CCOc1cccc(C=NCC(=O)Nc2cccc(C)c2C)c1O. The van der Waals surface area contributed by atoms with Gasteiger partial charge in [-0.25, -0.2) is 0 Å². The van der Waals surface area contributed by atoms with Gasteiger partial charge >= 0.3 is 0 Å². The number of phenols is 1. The summed E-state index contributed by atoms with van der Waals surface area (Å²) in [5.41, 5.74) is 3.46. The molecule has 2 N–H and O–H groups in total. The first kappa shape index (κ1) is 17.5. The highest BCUT2D eigenvalue weighted by atomic mass is 16.5. The summed E-state index contributed by atoms with van der Waals surface area (Å²) in [6.07, 6.45) is 1.47. The van der Waals surface area contributed by atoms with Gasteiger partial charge in [-0.1, -0.05) is 18.2 Å². The van der Waals surface area contributed by atoms with Crippen LogP contribution in [-0.2, 0) is 4.79 Å². The number of carbonyl (C=O) groups excluding carboxylic acids is 1. The van der Waals surface area contributed by atoms with Crippen LogP contribution in [-0.4, -0.2) is 30.4 Å². The molecule has 0 fully saturated rings. The Labute approximate surface area is 142 Å². The zero-order valence-electron chi connectivity index (χ0n) is 14.2. The molecule has 0 aliphatic heterocycles. The van der Waals surface area contributed by atoms with Crippen molar-refractivity contribution in [1.29, 1.82) is 0 Å². The maximum Gasteiger partial charge on any atom is 0.246 e. The molecule has 2 aromatic rings. The minimum atomic E-state index is -0.208. The Morgan fingerprint density at radius 3 is 2.75 bits per heavy atom. The van der Waals surface area contributed by atoms with E-state index in [-0.39, 0.29) is 18.2 Å². The minimum absolute atomic E-state index is 0.0221. The van der Waals surface area contributed by atoms with E-state index >= 15 is 0 Å². The molecule has 0 bridgehead atoms. The van der Waals surface area contributed by atoms with E-state index in [0.29, 0.717) is 17.9 Å². The van der Waals surface area contributed by atoms with Gasteiger partial charge in [0.1, 0.15) is 6.54 Å². The number of amides is 1. The van der Waals surface area contributed by atoms with Gasteiger partial charge in [0.05, 0.1) is 6.61 Å². The van der Waals surface area contributed by atoms with Crippen molar-refractivity contribution < 1.29 is 14.6 Å². The summed E-state index contributed by atoms with van der Waals surface area (Å²) in [6, 6.07) is 10.9. The highest BCUT2D eigenvalue weighted by molar-refractivity contribution is 5.95. The Bertz CT molecular complexity index is 754. The van der Waals surface area contributed by atoms with Crippen molar-refractivity contribution in [3.05, 3.63) is 53.1 Å². The zero-order chi connectivity index (χ0) is 17.5. The third-order valence-corrected chi connectivity index (χ3v) is 3.67. The van der Waals surface area contributed by atoms with E-state index in [1.807, 2.05) is 39.0 Å². The predicted octanol–water partition coefficient (Wildman–Crippen LogP) is 3.47. The van der Waals surface area contributed by atoms with Crippen LogP contribution in [0.1, 0.15) is 23.6 Å². The Kier molecular flexibility index (Phi) is 5.95. The average Bonchev–Trinajstić information content (AvgIpc) is 2.55. The first-order valence-corrected chi connectivity index (χ1v) is 7.83. The lowest BCUT2D eigenvalue weighted by Gasteiger charge is -2.09. The fourth-order valence-corrected chi connectivity index (χ4v) is 2.22.